The van der Waals surface area contributed by atoms with Crippen LogP contribution in [0.25, 0.3) is 0 Å². The van der Waals surface area contributed by atoms with Gasteiger partial charge in [-0.2, -0.15) is 0 Å². The summed E-state index contributed by atoms with van der Waals surface area (Å²) >= 11 is 0. The molecule has 0 bridgehead atoms. The highest BCUT2D eigenvalue weighted by atomic mass is 16.5. The number of carbonyl (C=O) groups is 1. The molecule has 0 radical (unpaired) electrons. The van der Waals surface area contributed by atoms with Gasteiger partial charge >= 0.3 is 5.97 Å². The fourth-order valence-corrected chi connectivity index (χ4v) is 1.47. The van der Waals surface area contributed by atoms with E-state index in [9.17, 15) is 4.79 Å². The highest BCUT2D eigenvalue weighted by molar-refractivity contribution is 5.78. The van der Waals surface area contributed by atoms with Crippen LogP contribution in [0.15, 0.2) is 30.3 Å². The highest BCUT2D eigenvalue weighted by Gasteiger charge is 2.30. The molecule has 1 atom stereocenters. The van der Waals surface area contributed by atoms with Gasteiger partial charge < -0.3 is 15.2 Å². The number of nitrogens with one attached hydrogen (secondary N) is 1. The van der Waals surface area contributed by atoms with Crippen LogP contribution >= 0.6 is 0 Å². The van der Waals surface area contributed by atoms with Gasteiger partial charge in [-0.25, -0.2) is 0 Å². The van der Waals surface area contributed by atoms with E-state index in [1.54, 1.807) is 14.0 Å². The largest absolute Gasteiger partial charge is 0.494 e. The molecule has 0 aliphatic heterocycles. The van der Waals surface area contributed by atoms with Crippen LogP contribution in [0.4, 0.5) is 0 Å². The Kier molecular flexibility index (Phi) is 4.97. The molecule has 17 heavy (non-hydrogen) atoms. The van der Waals surface area contributed by atoms with Crippen molar-refractivity contribution < 1.29 is 14.6 Å². The summed E-state index contributed by atoms with van der Waals surface area (Å²) in [6, 6.07) is 9.51. The lowest BCUT2D eigenvalue weighted by Gasteiger charge is -2.23. The highest BCUT2D eigenvalue weighted by Crippen LogP contribution is 2.14. The van der Waals surface area contributed by atoms with E-state index in [-0.39, 0.29) is 0 Å². The number of benzene rings is 1. The van der Waals surface area contributed by atoms with Crippen LogP contribution in [0, 0.1) is 0 Å². The first kappa shape index (κ1) is 13.5. The van der Waals surface area contributed by atoms with Crippen molar-refractivity contribution in [2.24, 2.45) is 0 Å². The van der Waals surface area contributed by atoms with Crippen molar-refractivity contribution in [1.82, 2.24) is 5.32 Å². The predicted octanol–water partition coefficient (Wildman–Crippen LogP) is 1.91. The van der Waals surface area contributed by atoms with Gasteiger partial charge in [-0.05, 0) is 38.9 Å². The first-order valence-corrected chi connectivity index (χ1v) is 5.68. The monoisotopic (exact) mass is 237 g/mol. The summed E-state index contributed by atoms with van der Waals surface area (Å²) < 4.78 is 5.50. The lowest BCUT2D eigenvalue weighted by molar-refractivity contribution is -0.144. The van der Waals surface area contributed by atoms with Crippen molar-refractivity contribution in [2.75, 3.05) is 13.7 Å². The number of likely N-dealkylation sites (N-methyl/N-ethyl adjacent to an activating group) is 1. The summed E-state index contributed by atoms with van der Waals surface area (Å²) in [5.74, 6) is -0.0197. The van der Waals surface area contributed by atoms with E-state index in [2.05, 4.69) is 5.32 Å². The minimum absolute atomic E-state index is 0.522. The molecule has 0 aromatic heterocycles. The molecule has 0 heterocycles. The van der Waals surface area contributed by atoms with Crippen molar-refractivity contribution in [3.05, 3.63) is 30.3 Å². The van der Waals surface area contributed by atoms with Crippen molar-refractivity contribution in [2.45, 2.75) is 25.3 Å². The van der Waals surface area contributed by atoms with Gasteiger partial charge in [-0.15, -0.1) is 0 Å². The summed E-state index contributed by atoms with van der Waals surface area (Å²) in [5.41, 5.74) is -0.875. The molecule has 0 fully saturated rings. The SMILES string of the molecule is CNC(C)(CCCOc1ccccc1)C(=O)O. The fourth-order valence-electron chi connectivity index (χ4n) is 1.47. The molecule has 4 nitrogen and oxygen atoms in total. The van der Waals surface area contributed by atoms with Gasteiger partial charge in [-0.3, -0.25) is 4.79 Å². The summed E-state index contributed by atoms with van der Waals surface area (Å²) in [5, 5.41) is 11.9. The fraction of sp³-hybridized carbons (Fsp3) is 0.462. The van der Waals surface area contributed by atoms with E-state index < -0.39 is 11.5 Å². The van der Waals surface area contributed by atoms with E-state index in [4.69, 9.17) is 9.84 Å². The number of carboxylic acid groups (broad SMARTS) is 1. The lowest BCUT2D eigenvalue weighted by atomic mass is 9.96. The van der Waals surface area contributed by atoms with Gasteiger partial charge in [0.15, 0.2) is 0 Å². The number of rotatable bonds is 7. The number of carboxylic acids is 1. The zero-order valence-corrected chi connectivity index (χ0v) is 10.3. The molecule has 1 aromatic rings. The van der Waals surface area contributed by atoms with E-state index in [1.807, 2.05) is 30.3 Å². The molecule has 1 rings (SSSR count). The smallest absolute Gasteiger partial charge is 0.323 e. The van der Waals surface area contributed by atoms with Crippen LogP contribution < -0.4 is 10.1 Å². The maximum Gasteiger partial charge on any atom is 0.323 e. The Labute approximate surface area is 102 Å². The average Bonchev–Trinajstić information content (AvgIpc) is 2.35. The number of aliphatic carboxylic acids is 1. The second-order valence-corrected chi connectivity index (χ2v) is 4.15. The Morgan fingerprint density at radius 2 is 2.06 bits per heavy atom. The van der Waals surface area contributed by atoms with Gasteiger partial charge in [0.25, 0.3) is 0 Å². The molecule has 2 N–H and O–H groups in total. The Bertz CT molecular complexity index is 353. The number of hydrogen-bond donors (Lipinski definition) is 2. The second-order valence-electron chi connectivity index (χ2n) is 4.15. The van der Waals surface area contributed by atoms with Crippen molar-refractivity contribution >= 4 is 5.97 Å². The first-order valence-electron chi connectivity index (χ1n) is 5.68. The minimum atomic E-state index is -0.875. The summed E-state index contributed by atoms with van der Waals surface area (Å²) in [7, 11) is 1.66. The molecule has 0 aliphatic carbocycles. The Balaban J connectivity index is 2.31. The van der Waals surface area contributed by atoms with Gasteiger partial charge in [0.2, 0.25) is 0 Å². The van der Waals surface area contributed by atoms with Crippen LogP contribution in [-0.4, -0.2) is 30.3 Å². The molecular weight excluding hydrogens is 218 g/mol. The summed E-state index contributed by atoms with van der Waals surface area (Å²) in [6.45, 7) is 2.20. The van der Waals surface area contributed by atoms with Gasteiger partial charge in [0, 0.05) is 0 Å². The maximum atomic E-state index is 11.0. The molecule has 0 amide bonds. The summed E-state index contributed by atoms with van der Waals surface area (Å²) in [6.07, 6.45) is 1.23. The topological polar surface area (TPSA) is 58.6 Å². The summed E-state index contributed by atoms with van der Waals surface area (Å²) in [4.78, 5) is 11.0. The first-order chi connectivity index (χ1) is 8.08. The van der Waals surface area contributed by atoms with Gasteiger partial charge in [0.1, 0.15) is 11.3 Å². The normalized spacial score (nSPS) is 14.0. The third-order valence-electron chi connectivity index (χ3n) is 2.86. The van der Waals surface area contributed by atoms with Crippen LogP contribution in [0.5, 0.6) is 5.75 Å². The Hall–Kier alpha value is -1.55. The molecule has 4 heteroatoms. The molecule has 0 spiro atoms. The third-order valence-corrected chi connectivity index (χ3v) is 2.86. The number of para-hydroxylation sites is 1. The molecule has 0 saturated carbocycles. The van der Waals surface area contributed by atoms with Crippen LogP contribution in [0.2, 0.25) is 0 Å². The molecule has 0 aliphatic rings. The van der Waals surface area contributed by atoms with E-state index in [0.717, 1.165) is 5.75 Å². The molecule has 94 valence electrons. The maximum absolute atomic E-state index is 11.0. The van der Waals surface area contributed by atoms with Crippen LogP contribution in [-0.2, 0) is 4.79 Å². The van der Waals surface area contributed by atoms with Crippen LogP contribution in [0.1, 0.15) is 19.8 Å². The number of ether oxygens (including phenoxy) is 1. The third kappa shape index (κ3) is 4.07. The van der Waals surface area contributed by atoms with Gasteiger partial charge in [0.05, 0.1) is 6.61 Å². The molecule has 1 unspecified atom stereocenters. The molecule has 1 aromatic carbocycles. The molecule has 0 saturated heterocycles. The minimum Gasteiger partial charge on any atom is -0.494 e. The predicted molar refractivity (Wildman–Crippen MR) is 66.3 cm³/mol. The van der Waals surface area contributed by atoms with E-state index >= 15 is 0 Å². The van der Waals surface area contributed by atoms with Gasteiger partial charge in [-0.1, -0.05) is 18.2 Å². The average molecular weight is 237 g/mol. The van der Waals surface area contributed by atoms with Crippen LogP contribution in [0.3, 0.4) is 0 Å². The van der Waals surface area contributed by atoms with Crippen molar-refractivity contribution in [3.63, 3.8) is 0 Å². The zero-order valence-electron chi connectivity index (χ0n) is 10.3. The van der Waals surface area contributed by atoms with Crippen molar-refractivity contribution in [3.8, 4) is 5.75 Å². The second kappa shape index (κ2) is 6.25. The standard InChI is InChI=1S/C13H19NO3/c1-13(14-2,12(15)16)9-6-10-17-11-7-4-3-5-8-11/h3-5,7-8,14H,6,9-10H2,1-2H3,(H,15,16). The quantitative estimate of drug-likeness (QED) is 0.711. The lowest BCUT2D eigenvalue weighted by Crippen LogP contribution is -2.47. The Morgan fingerprint density at radius 3 is 2.59 bits per heavy atom. The number of hydrogen-bond acceptors (Lipinski definition) is 3. The molecular formula is C13H19NO3. The zero-order chi connectivity index (χ0) is 12.7. The van der Waals surface area contributed by atoms with Crippen molar-refractivity contribution in [1.29, 1.82) is 0 Å². The van der Waals surface area contributed by atoms with E-state index in [1.165, 1.54) is 0 Å². The van der Waals surface area contributed by atoms with E-state index in [0.29, 0.717) is 19.4 Å². The Morgan fingerprint density at radius 1 is 1.41 bits per heavy atom.